The number of fused-ring (bicyclic) bond motifs is 3. The van der Waals surface area contributed by atoms with Crippen LogP contribution >= 0.6 is 50.5 Å². The van der Waals surface area contributed by atoms with Crippen molar-refractivity contribution in [2.24, 2.45) is 0 Å². The number of halogens is 3. The Bertz CT molecular complexity index is 1140. The van der Waals surface area contributed by atoms with Crippen LogP contribution in [-0.4, -0.2) is 33.8 Å². The summed E-state index contributed by atoms with van der Waals surface area (Å²) < 4.78 is 2.91. The Labute approximate surface area is 197 Å². The lowest BCUT2D eigenvalue weighted by Gasteiger charge is -2.26. The molecule has 0 radical (unpaired) electrons. The van der Waals surface area contributed by atoms with Crippen molar-refractivity contribution < 1.29 is 4.79 Å². The number of amides is 1. The number of carbonyl (C=O) groups is 1. The van der Waals surface area contributed by atoms with Crippen LogP contribution in [0, 0.1) is 0 Å². The maximum Gasteiger partial charge on any atom is 0.286 e. The molecule has 0 unspecified atom stereocenters. The normalized spacial score (nSPS) is 16.2. The van der Waals surface area contributed by atoms with Crippen LogP contribution in [0.25, 0.3) is 16.3 Å². The van der Waals surface area contributed by atoms with E-state index in [0.717, 1.165) is 59.4 Å². The zero-order chi connectivity index (χ0) is 20.8. The minimum absolute atomic E-state index is 0.156. The Morgan fingerprint density at radius 3 is 2.67 bits per heavy atom. The van der Waals surface area contributed by atoms with Crippen LogP contribution in [0.3, 0.4) is 0 Å². The smallest absolute Gasteiger partial charge is 0.283 e. The maximum atomic E-state index is 13.2. The fraction of sp³-hybridized carbons (Fsp3) is 0.333. The highest BCUT2D eigenvalue weighted by Gasteiger charge is 2.32. The standard InChI is InChI=1S/C21H19BrCl2N4OS/c22-15-11-30-20-13(15)5-6-14-18(21(29)26-27-8-2-1-3-9-27)25-28(19(14)20)17-7-4-12(23)10-16(17)24/h4,7,10-11H,1-3,5-6,8-9H2,(H,26,29). The van der Waals surface area contributed by atoms with Gasteiger partial charge in [-0.1, -0.05) is 29.6 Å². The van der Waals surface area contributed by atoms with Gasteiger partial charge >= 0.3 is 0 Å². The van der Waals surface area contributed by atoms with Crippen LogP contribution in [0.1, 0.15) is 40.9 Å². The van der Waals surface area contributed by atoms with Gasteiger partial charge in [0.05, 0.1) is 21.3 Å². The van der Waals surface area contributed by atoms with Crippen LogP contribution in [0.4, 0.5) is 0 Å². The molecule has 1 aromatic carbocycles. The molecule has 30 heavy (non-hydrogen) atoms. The van der Waals surface area contributed by atoms with E-state index in [1.165, 1.54) is 12.0 Å². The molecule has 3 heterocycles. The van der Waals surface area contributed by atoms with Crippen LogP contribution in [0.5, 0.6) is 0 Å². The number of hydrogen-bond acceptors (Lipinski definition) is 4. The van der Waals surface area contributed by atoms with E-state index in [0.29, 0.717) is 21.4 Å². The first-order valence-electron chi connectivity index (χ1n) is 9.92. The number of nitrogens with zero attached hydrogens (tertiary/aromatic N) is 3. The monoisotopic (exact) mass is 524 g/mol. The predicted molar refractivity (Wildman–Crippen MR) is 125 cm³/mol. The van der Waals surface area contributed by atoms with E-state index in [-0.39, 0.29) is 5.91 Å². The predicted octanol–water partition coefficient (Wildman–Crippen LogP) is 5.90. The second-order valence-corrected chi connectivity index (χ2v) is 10.1. The molecule has 1 N–H and O–H groups in total. The summed E-state index contributed by atoms with van der Waals surface area (Å²) >= 11 is 17.9. The minimum Gasteiger partial charge on any atom is -0.283 e. The number of piperidine rings is 1. The van der Waals surface area contributed by atoms with Gasteiger partial charge in [-0.3, -0.25) is 10.2 Å². The molecule has 2 aromatic heterocycles. The van der Waals surface area contributed by atoms with E-state index < -0.39 is 0 Å². The van der Waals surface area contributed by atoms with Crippen molar-refractivity contribution in [3.63, 3.8) is 0 Å². The van der Waals surface area contributed by atoms with E-state index in [1.54, 1.807) is 28.2 Å². The van der Waals surface area contributed by atoms with Crippen LogP contribution in [0.2, 0.25) is 10.0 Å². The lowest BCUT2D eigenvalue weighted by molar-refractivity contribution is 0.0743. The molecule has 1 aliphatic heterocycles. The summed E-state index contributed by atoms with van der Waals surface area (Å²) in [6.07, 6.45) is 5.03. The van der Waals surface area contributed by atoms with Gasteiger partial charge in [0.15, 0.2) is 5.69 Å². The molecular weight excluding hydrogens is 507 g/mol. The summed E-state index contributed by atoms with van der Waals surface area (Å²) in [6.45, 7) is 1.75. The highest BCUT2D eigenvalue weighted by Crippen LogP contribution is 2.44. The summed E-state index contributed by atoms with van der Waals surface area (Å²) in [6, 6.07) is 5.34. The molecular formula is C21H19BrCl2N4OS. The average Bonchev–Trinajstić information content (AvgIpc) is 3.30. The summed E-state index contributed by atoms with van der Waals surface area (Å²) in [4.78, 5) is 14.3. The van der Waals surface area contributed by atoms with Crippen molar-refractivity contribution in [3.8, 4) is 16.3 Å². The van der Waals surface area contributed by atoms with E-state index in [1.807, 2.05) is 11.1 Å². The maximum absolute atomic E-state index is 13.2. The fourth-order valence-corrected chi connectivity index (χ4v) is 6.51. The Morgan fingerprint density at radius 2 is 1.90 bits per heavy atom. The molecule has 5 nitrogen and oxygen atoms in total. The third-order valence-electron chi connectivity index (χ3n) is 5.63. The molecule has 1 saturated heterocycles. The Morgan fingerprint density at radius 1 is 1.13 bits per heavy atom. The molecule has 2 aliphatic rings. The first kappa shape index (κ1) is 20.5. The zero-order valence-corrected chi connectivity index (χ0v) is 20.0. The second kappa shape index (κ2) is 8.28. The third-order valence-corrected chi connectivity index (χ3v) is 8.21. The molecule has 1 aliphatic carbocycles. The third kappa shape index (κ3) is 3.60. The highest BCUT2D eigenvalue weighted by atomic mass is 79.9. The molecule has 0 spiro atoms. The quantitative estimate of drug-likeness (QED) is 0.463. The number of hydrazine groups is 1. The SMILES string of the molecule is O=C(NN1CCCCC1)c1nn(-c2ccc(Cl)cc2Cl)c2c1CCc1c(Br)csc1-2. The topological polar surface area (TPSA) is 50.2 Å². The largest absolute Gasteiger partial charge is 0.286 e. The van der Waals surface area contributed by atoms with Gasteiger partial charge in [0.1, 0.15) is 0 Å². The van der Waals surface area contributed by atoms with Crippen LogP contribution in [-0.2, 0) is 12.8 Å². The van der Waals surface area contributed by atoms with Gasteiger partial charge in [0.2, 0.25) is 0 Å². The molecule has 9 heteroatoms. The van der Waals surface area contributed by atoms with Crippen molar-refractivity contribution in [1.29, 1.82) is 0 Å². The number of nitrogens with one attached hydrogen (secondary N) is 1. The van der Waals surface area contributed by atoms with Gasteiger partial charge in [-0.25, -0.2) is 9.69 Å². The van der Waals surface area contributed by atoms with Gasteiger partial charge in [0, 0.05) is 33.5 Å². The van der Waals surface area contributed by atoms with Crippen LogP contribution in [0.15, 0.2) is 28.1 Å². The second-order valence-electron chi connectivity index (χ2n) is 7.56. The first-order valence-corrected chi connectivity index (χ1v) is 12.4. The van der Waals surface area contributed by atoms with Crippen molar-refractivity contribution >= 4 is 56.4 Å². The molecule has 0 bridgehead atoms. The van der Waals surface area contributed by atoms with Crippen molar-refractivity contribution in [2.75, 3.05) is 13.1 Å². The number of benzene rings is 1. The van der Waals surface area contributed by atoms with Gasteiger partial charge in [-0.2, -0.15) is 5.10 Å². The molecule has 156 valence electrons. The van der Waals surface area contributed by atoms with E-state index in [2.05, 4.69) is 26.7 Å². The molecule has 0 saturated carbocycles. The molecule has 0 atom stereocenters. The summed E-state index contributed by atoms with van der Waals surface area (Å²) in [7, 11) is 0. The van der Waals surface area contributed by atoms with E-state index in [9.17, 15) is 4.79 Å². The first-order chi connectivity index (χ1) is 14.5. The number of thiophene rings is 1. The van der Waals surface area contributed by atoms with E-state index in [4.69, 9.17) is 28.3 Å². The molecule has 1 amide bonds. The van der Waals surface area contributed by atoms with Gasteiger partial charge < -0.3 is 0 Å². The zero-order valence-electron chi connectivity index (χ0n) is 16.1. The molecule has 1 fully saturated rings. The number of aromatic nitrogens is 2. The van der Waals surface area contributed by atoms with Crippen molar-refractivity contribution in [3.05, 3.63) is 54.9 Å². The minimum atomic E-state index is -0.156. The fourth-order valence-electron chi connectivity index (χ4n) is 4.18. The number of hydrogen-bond donors (Lipinski definition) is 1. The summed E-state index contributed by atoms with van der Waals surface area (Å²) in [5, 5.41) is 9.92. The van der Waals surface area contributed by atoms with Crippen molar-refractivity contribution in [2.45, 2.75) is 32.1 Å². The summed E-state index contributed by atoms with van der Waals surface area (Å²) in [5.74, 6) is -0.156. The van der Waals surface area contributed by atoms with E-state index >= 15 is 0 Å². The Balaban J connectivity index is 1.63. The number of rotatable bonds is 3. The summed E-state index contributed by atoms with van der Waals surface area (Å²) in [5.41, 5.74) is 7.41. The highest BCUT2D eigenvalue weighted by molar-refractivity contribution is 9.10. The number of carbonyl (C=O) groups excluding carboxylic acids is 1. The lowest BCUT2D eigenvalue weighted by atomic mass is 9.94. The lowest BCUT2D eigenvalue weighted by Crippen LogP contribution is -2.45. The Hall–Kier alpha value is -1.38. The van der Waals surface area contributed by atoms with Crippen LogP contribution < -0.4 is 5.43 Å². The Kier molecular flexibility index (Phi) is 5.66. The average molecular weight is 526 g/mol. The van der Waals surface area contributed by atoms with Gasteiger partial charge in [-0.15, -0.1) is 11.3 Å². The van der Waals surface area contributed by atoms with Crippen molar-refractivity contribution in [1.82, 2.24) is 20.2 Å². The van der Waals surface area contributed by atoms with Gasteiger partial charge in [-0.05, 0) is 65.4 Å². The molecule has 3 aromatic rings. The van der Waals surface area contributed by atoms with Gasteiger partial charge in [0.25, 0.3) is 5.91 Å². The molecule has 5 rings (SSSR count).